The Balaban J connectivity index is 2.20. The van der Waals surface area contributed by atoms with Crippen molar-refractivity contribution >= 4 is 31.6 Å². The van der Waals surface area contributed by atoms with Crippen LogP contribution >= 0.6 is 15.9 Å². The van der Waals surface area contributed by atoms with E-state index >= 15 is 0 Å². The van der Waals surface area contributed by atoms with Crippen LogP contribution in [0.1, 0.15) is 25.8 Å². The van der Waals surface area contributed by atoms with Gasteiger partial charge in [0.2, 0.25) is 10.0 Å². The number of hydrogen-bond donors (Lipinski definition) is 2. The van der Waals surface area contributed by atoms with E-state index in [1.807, 2.05) is 0 Å². The van der Waals surface area contributed by atoms with Gasteiger partial charge in [-0.05, 0) is 42.4 Å². The van der Waals surface area contributed by atoms with Crippen LogP contribution < -0.4 is 10.5 Å². The van der Waals surface area contributed by atoms with Gasteiger partial charge in [0.25, 0.3) is 0 Å². The third-order valence-electron chi connectivity index (χ3n) is 3.89. The first-order valence-corrected chi connectivity index (χ1v) is 8.46. The number of anilines is 1. The van der Waals surface area contributed by atoms with Gasteiger partial charge in [0.05, 0.1) is 4.90 Å². The van der Waals surface area contributed by atoms with E-state index in [0.717, 1.165) is 6.42 Å². The van der Waals surface area contributed by atoms with E-state index in [4.69, 9.17) is 5.73 Å². The Morgan fingerprint density at radius 3 is 2.58 bits per heavy atom. The molecule has 1 aliphatic carbocycles. The van der Waals surface area contributed by atoms with Gasteiger partial charge in [-0.1, -0.05) is 29.8 Å². The SMILES string of the molecule is Cc1c(N)cc(Br)cc1S(=O)(=O)NCC1CC1(C)C. The molecule has 1 aromatic carbocycles. The van der Waals surface area contributed by atoms with Crippen molar-refractivity contribution in [1.29, 1.82) is 0 Å². The number of nitrogen functional groups attached to an aromatic ring is 1. The van der Waals surface area contributed by atoms with Gasteiger partial charge < -0.3 is 5.73 Å². The highest BCUT2D eigenvalue weighted by molar-refractivity contribution is 9.10. The molecule has 19 heavy (non-hydrogen) atoms. The molecule has 1 aromatic rings. The van der Waals surface area contributed by atoms with E-state index < -0.39 is 10.0 Å². The molecule has 1 saturated carbocycles. The summed E-state index contributed by atoms with van der Waals surface area (Å²) < 4.78 is 28.0. The first-order valence-electron chi connectivity index (χ1n) is 6.19. The van der Waals surface area contributed by atoms with Gasteiger partial charge in [0.15, 0.2) is 0 Å². The highest BCUT2D eigenvalue weighted by atomic mass is 79.9. The quantitative estimate of drug-likeness (QED) is 0.823. The lowest BCUT2D eigenvalue weighted by molar-refractivity contribution is 0.537. The van der Waals surface area contributed by atoms with Gasteiger partial charge in [-0.25, -0.2) is 13.1 Å². The third-order valence-corrected chi connectivity index (χ3v) is 5.90. The van der Waals surface area contributed by atoms with Gasteiger partial charge >= 0.3 is 0 Å². The molecular formula is C13H19BrN2O2S. The molecule has 4 nitrogen and oxygen atoms in total. The second kappa shape index (κ2) is 4.75. The van der Waals surface area contributed by atoms with E-state index in [0.29, 0.717) is 28.2 Å². The number of nitrogens with one attached hydrogen (secondary N) is 1. The molecule has 1 aliphatic rings. The Hall–Kier alpha value is -0.590. The number of sulfonamides is 1. The minimum Gasteiger partial charge on any atom is -0.398 e. The second-order valence-electron chi connectivity index (χ2n) is 5.86. The van der Waals surface area contributed by atoms with Crippen molar-refractivity contribution in [2.75, 3.05) is 12.3 Å². The first-order chi connectivity index (χ1) is 8.63. The zero-order chi connectivity index (χ0) is 14.4. The molecule has 0 radical (unpaired) electrons. The first kappa shape index (κ1) is 14.8. The van der Waals surface area contributed by atoms with Crippen LogP contribution in [-0.4, -0.2) is 15.0 Å². The Kier molecular flexibility index (Phi) is 3.70. The maximum absolute atomic E-state index is 12.3. The van der Waals surface area contributed by atoms with Gasteiger partial charge in [-0.15, -0.1) is 0 Å². The molecule has 1 atom stereocenters. The average molecular weight is 347 g/mol. The number of halogens is 1. The number of benzene rings is 1. The van der Waals surface area contributed by atoms with Crippen LogP contribution in [0.3, 0.4) is 0 Å². The monoisotopic (exact) mass is 346 g/mol. The number of nitrogens with two attached hydrogens (primary N) is 1. The van der Waals surface area contributed by atoms with Crippen LogP contribution in [0, 0.1) is 18.3 Å². The summed E-state index contributed by atoms with van der Waals surface area (Å²) in [5.41, 5.74) is 7.13. The predicted octanol–water partition coefficient (Wildman–Crippen LogP) is 2.66. The number of hydrogen-bond acceptors (Lipinski definition) is 3. The van der Waals surface area contributed by atoms with Crippen LogP contribution in [0.15, 0.2) is 21.5 Å². The molecule has 1 fully saturated rings. The van der Waals surface area contributed by atoms with Crippen molar-refractivity contribution in [2.45, 2.75) is 32.1 Å². The van der Waals surface area contributed by atoms with Gasteiger partial charge in [0, 0.05) is 16.7 Å². The lowest BCUT2D eigenvalue weighted by Crippen LogP contribution is -2.27. The van der Waals surface area contributed by atoms with Gasteiger partial charge in [-0.3, -0.25) is 0 Å². The summed E-state index contributed by atoms with van der Waals surface area (Å²) in [6.07, 6.45) is 1.06. The zero-order valence-corrected chi connectivity index (χ0v) is 13.7. The topological polar surface area (TPSA) is 72.2 Å². The van der Waals surface area contributed by atoms with Crippen molar-refractivity contribution in [3.8, 4) is 0 Å². The lowest BCUT2D eigenvalue weighted by Gasteiger charge is -2.12. The van der Waals surface area contributed by atoms with Gasteiger partial charge in [-0.2, -0.15) is 0 Å². The summed E-state index contributed by atoms with van der Waals surface area (Å²) in [7, 11) is -3.50. The Bertz CT molecular complexity index is 611. The molecule has 0 aliphatic heterocycles. The van der Waals surface area contributed by atoms with E-state index in [1.54, 1.807) is 19.1 Å². The molecule has 1 unspecified atom stereocenters. The highest BCUT2D eigenvalue weighted by Gasteiger charge is 2.45. The fourth-order valence-corrected chi connectivity index (χ4v) is 4.17. The lowest BCUT2D eigenvalue weighted by atomic mass is 10.1. The molecule has 3 N–H and O–H groups in total. The summed E-state index contributed by atoms with van der Waals surface area (Å²) in [6, 6.07) is 3.30. The molecular weight excluding hydrogens is 328 g/mol. The third kappa shape index (κ3) is 3.12. The van der Waals surface area contributed by atoms with Crippen molar-refractivity contribution in [3.05, 3.63) is 22.2 Å². The summed E-state index contributed by atoms with van der Waals surface area (Å²) in [5.74, 6) is 0.423. The molecule has 2 rings (SSSR count). The minimum absolute atomic E-state index is 0.248. The normalized spacial score (nSPS) is 21.4. The van der Waals surface area contributed by atoms with E-state index in [-0.39, 0.29) is 10.3 Å². The highest BCUT2D eigenvalue weighted by Crippen LogP contribution is 2.51. The minimum atomic E-state index is -3.50. The standard InChI is InChI=1S/C13H19BrN2O2S/c1-8-11(15)4-10(14)5-12(8)19(17,18)16-7-9-6-13(9,2)3/h4-5,9,16H,6-7,15H2,1-3H3. The van der Waals surface area contributed by atoms with E-state index in [1.165, 1.54) is 0 Å². The largest absolute Gasteiger partial charge is 0.398 e. The van der Waals surface area contributed by atoms with Crippen LogP contribution in [-0.2, 0) is 10.0 Å². The van der Waals surface area contributed by atoms with E-state index in [9.17, 15) is 8.42 Å². The zero-order valence-electron chi connectivity index (χ0n) is 11.3. The number of rotatable bonds is 4. The molecule has 106 valence electrons. The fourth-order valence-electron chi connectivity index (χ4n) is 2.17. The van der Waals surface area contributed by atoms with Crippen LogP contribution in [0.5, 0.6) is 0 Å². The molecule has 0 saturated heterocycles. The predicted molar refractivity (Wildman–Crippen MR) is 80.4 cm³/mol. The van der Waals surface area contributed by atoms with Crippen molar-refractivity contribution < 1.29 is 8.42 Å². The summed E-state index contributed by atoms with van der Waals surface area (Å²) >= 11 is 3.28. The Labute approximate surface area is 122 Å². The molecule has 0 aromatic heterocycles. The summed E-state index contributed by atoms with van der Waals surface area (Å²) in [5, 5.41) is 0. The Morgan fingerprint density at radius 1 is 1.47 bits per heavy atom. The second-order valence-corrected chi connectivity index (χ2v) is 8.51. The summed E-state index contributed by atoms with van der Waals surface area (Å²) in [6.45, 7) is 6.50. The van der Waals surface area contributed by atoms with Crippen LogP contribution in [0.25, 0.3) is 0 Å². The molecule has 0 bridgehead atoms. The van der Waals surface area contributed by atoms with Crippen molar-refractivity contribution in [2.24, 2.45) is 11.3 Å². The molecule has 0 spiro atoms. The average Bonchev–Trinajstić information content (AvgIpc) is 2.89. The van der Waals surface area contributed by atoms with Gasteiger partial charge in [0.1, 0.15) is 0 Å². The Morgan fingerprint density at radius 2 is 2.05 bits per heavy atom. The maximum Gasteiger partial charge on any atom is 0.240 e. The van der Waals surface area contributed by atoms with Crippen LogP contribution in [0.2, 0.25) is 0 Å². The van der Waals surface area contributed by atoms with Crippen molar-refractivity contribution in [3.63, 3.8) is 0 Å². The smallest absolute Gasteiger partial charge is 0.240 e. The van der Waals surface area contributed by atoms with E-state index in [2.05, 4.69) is 34.5 Å². The maximum atomic E-state index is 12.3. The molecule has 6 heteroatoms. The molecule has 0 amide bonds. The van der Waals surface area contributed by atoms with Crippen LogP contribution in [0.4, 0.5) is 5.69 Å². The molecule has 0 heterocycles. The summed E-state index contributed by atoms with van der Waals surface area (Å²) in [4.78, 5) is 0.248. The van der Waals surface area contributed by atoms with Crippen molar-refractivity contribution in [1.82, 2.24) is 4.72 Å². The fraction of sp³-hybridized carbons (Fsp3) is 0.538.